The maximum Gasteiger partial charge on any atom is 0.228 e. The zero-order valence-corrected chi connectivity index (χ0v) is 12.1. The molecule has 1 unspecified atom stereocenters. The van der Waals surface area contributed by atoms with Crippen LogP contribution in [-0.4, -0.2) is 43.5 Å². The summed E-state index contributed by atoms with van der Waals surface area (Å²) in [7, 11) is 0. The van der Waals surface area contributed by atoms with Crippen molar-refractivity contribution in [3.63, 3.8) is 0 Å². The molecule has 2 aliphatic heterocycles. The summed E-state index contributed by atoms with van der Waals surface area (Å²) in [6.07, 6.45) is 1.72. The summed E-state index contributed by atoms with van der Waals surface area (Å²) in [5.74, 6) is 0.663. The van der Waals surface area contributed by atoms with E-state index in [2.05, 4.69) is 40.7 Å². The number of amides is 1. The smallest absolute Gasteiger partial charge is 0.228 e. The number of rotatable bonds is 4. The van der Waals surface area contributed by atoms with E-state index in [9.17, 15) is 4.79 Å². The second-order valence-corrected chi connectivity index (χ2v) is 5.92. The predicted octanol–water partition coefficient (Wildman–Crippen LogP) is 1.58. The third-order valence-electron chi connectivity index (χ3n) is 4.41. The first-order valence-corrected chi connectivity index (χ1v) is 7.58. The van der Waals surface area contributed by atoms with Crippen molar-refractivity contribution in [1.82, 2.24) is 10.2 Å². The van der Waals surface area contributed by atoms with Gasteiger partial charge in [-0.25, -0.2) is 0 Å². The third kappa shape index (κ3) is 3.02. The SMILES string of the molecule is CC(CCN1CCNCC1)c1ccc2c(c1)CC(=O)N2. The Labute approximate surface area is 120 Å². The predicted molar refractivity (Wildman–Crippen MR) is 81.1 cm³/mol. The fraction of sp³-hybridized carbons (Fsp3) is 0.562. The van der Waals surface area contributed by atoms with Gasteiger partial charge in [-0.2, -0.15) is 0 Å². The highest BCUT2D eigenvalue weighted by Gasteiger charge is 2.19. The summed E-state index contributed by atoms with van der Waals surface area (Å²) < 4.78 is 0. The van der Waals surface area contributed by atoms with E-state index >= 15 is 0 Å². The maximum absolute atomic E-state index is 11.4. The Balaban J connectivity index is 1.58. The summed E-state index contributed by atoms with van der Waals surface area (Å²) in [6.45, 7) is 8.00. The minimum absolute atomic E-state index is 0.116. The number of carbonyl (C=O) groups excluding carboxylic acids is 1. The fourth-order valence-electron chi connectivity index (χ4n) is 3.03. The van der Waals surface area contributed by atoms with E-state index in [1.54, 1.807) is 0 Å². The van der Waals surface area contributed by atoms with E-state index in [0.29, 0.717) is 12.3 Å². The molecule has 2 N–H and O–H groups in total. The van der Waals surface area contributed by atoms with Crippen LogP contribution in [-0.2, 0) is 11.2 Å². The zero-order chi connectivity index (χ0) is 13.9. The lowest BCUT2D eigenvalue weighted by Crippen LogP contribution is -2.43. The van der Waals surface area contributed by atoms with Gasteiger partial charge in [0.2, 0.25) is 5.91 Å². The van der Waals surface area contributed by atoms with Gasteiger partial charge in [-0.05, 0) is 36.1 Å². The Morgan fingerprint density at radius 2 is 2.10 bits per heavy atom. The van der Waals surface area contributed by atoms with Gasteiger partial charge in [0.1, 0.15) is 0 Å². The fourth-order valence-corrected chi connectivity index (χ4v) is 3.03. The lowest BCUT2D eigenvalue weighted by Gasteiger charge is -2.28. The lowest BCUT2D eigenvalue weighted by molar-refractivity contribution is -0.115. The molecule has 1 amide bonds. The lowest BCUT2D eigenvalue weighted by atomic mass is 9.95. The van der Waals surface area contributed by atoms with Gasteiger partial charge < -0.3 is 15.5 Å². The first-order chi connectivity index (χ1) is 9.72. The van der Waals surface area contributed by atoms with Gasteiger partial charge in [0.05, 0.1) is 6.42 Å². The van der Waals surface area contributed by atoms with E-state index in [-0.39, 0.29) is 5.91 Å². The molecule has 108 valence electrons. The highest BCUT2D eigenvalue weighted by Crippen LogP contribution is 2.28. The van der Waals surface area contributed by atoms with Crippen molar-refractivity contribution in [2.75, 3.05) is 38.0 Å². The number of hydrogen-bond donors (Lipinski definition) is 2. The number of nitrogens with zero attached hydrogens (tertiary/aromatic N) is 1. The van der Waals surface area contributed by atoms with Gasteiger partial charge in [0.25, 0.3) is 0 Å². The van der Waals surface area contributed by atoms with E-state index in [1.807, 2.05) is 0 Å². The number of fused-ring (bicyclic) bond motifs is 1. The second-order valence-electron chi connectivity index (χ2n) is 5.92. The molecular weight excluding hydrogens is 250 g/mol. The highest BCUT2D eigenvalue weighted by molar-refractivity contribution is 5.99. The average molecular weight is 273 g/mol. The van der Waals surface area contributed by atoms with Crippen LogP contribution >= 0.6 is 0 Å². The van der Waals surface area contributed by atoms with E-state index in [4.69, 9.17) is 0 Å². The van der Waals surface area contributed by atoms with Gasteiger partial charge in [-0.1, -0.05) is 19.1 Å². The van der Waals surface area contributed by atoms with Gasteiger partial charge >= 0.3 is 0 Å². The standard InChI is InChI=1S/C16H23N3O/c1-12(4-7-19-8-5-17-6-9-19)13-2-3-15-14(10-13)11-16(20)18-15/h2-3,10,12,17H,4-9,11H2,1H3,(H,18,20). The second kappa shape index (κ2) is 5.94. The van der Waals surface area contributed by atoms with Crippen molar-refractivity contribution in [1.29, 1.82) is 0 Å². The van der Waals surface area contributed by atoms with Crippen molar-refractivity contribution in [3.8, 4) is 0 Å². The molecule has 2 aliphatic rings. The van der Waals surface area contributed by atoms with Gasteiger partial charge in [-0.15, -0.1) is 0 Å². The molecule has 0 aromatic heterocycles. The van der Waals surface area contributed by atoms with Crippen molar-refractivity contribution in [2.45, 2.75) is 25.7 Å². The molecule has 2 heterocycles. The molecule has 4 nitrogen and oxygen atoms in total. The molecule has 0 radical (unpaired) electrons. The first-order valence-electron chi connectivity index (χ1n) is 7.58. The van der Waals surface area contributed by atoms with Gasteiger partial charge in [0, 0.05) is 31.9 Å². The minimum atomic E-state index is 0.116. The Morgan fingerprint density at radius 3 is 2.90 bits per heavy atom. The summed E-state index contributed by atoms with van der Waals surface area (Å²) in [5.41, 5.74) is 3.50. The van der Waals surface area contributed by atoms with Crippen molar-refractivity contribution >= 4 is 11.6 Å². The van der Waals surface area contributed by atoms with Gasteiger partial charge in [0.15, 0.2) is 0 Å². The summed E-state index contributed by atoms with van der Waals surface area (Å²) >= 11 is 0. The Hall–Kier alpha value is -1.39. The van der Waals surface area contributed by atoms with Crippen LogP contribution in [0, 0.1) is 0 Å². The minimum Gasteiger partial charge on any atom is -0.326 e. The van der Waals surface area contributed by atoms with Crippen LogP contribution in [0.1, 0.15) is 30.4 Å². The number of piperazine rings is 1. The molecule has 0 spiro atoms. The number of carbonyl (C=O) groups is 1. The monoisotopic (exact) mass is 273 g/mol. The summed E-state index contributed by atoms with van der Waals surface area (Å²) in [4.78, 5) is 13.9. The number of hydrogen-bond acceptors (Lipinski definition) is 3. The third-order valence-corrected chi connectivity index (χ3v) is 4.41. The van der Waals surface area contributed by atoms with Crippen LogP contribution in [0.15, 0.2) is 18.2 Å². The van der Waals surface area contributed by atoms with Crippen LogP contribution in [0.25, 0.3) is 0 Å². The number of anilines is 1. The van der Waals surface area contributed by atoms with Crippen molar-refractivity contribution in [3.05, 3.63) is 29.3 Å². The molecule has 4 heteroatoms. The van der Waals surface area contributed by atoms with Crippen molar-refractivity contribution < 1.29 is 4.79 Å². The number of nitrogens with one attached hydrogen (secondary N) is 2. The van der Waals surface area contributed by atoms with Crippen LogP contribution in [0.2, 0.25) is 0 Å². The summed E-state index contributed by atoms with van der Waals surface area (Å²) in [6, 6.07) is 6.42. The van der Waals surface area contributed by atoms with E-state index in [0.717, 1.165) is 44.0 Å². The molecular formula is C16H23N3O. The molecule has 0 saturated carbocycles. The van der Waals surface area contributed by atoms with Gasteiger partial charge in [-0.3, -0.25) is 4.79 Å². The Kier molecular flexibility index (Phi) is 4.03. The van der Waals surface area contributed by atoms with Crippen LogP contribution in [0.4, 0.5) is 5.69 Å². The van der Waals surface area contributed by atoms with Crippen LogP contribution < -0.4 is 10.6 Å². The maximum atomic E-state index is 11.4. The first kappa shape index (κ1) is 13.6. The molecule has 3 rings (SSSR count). The molecule has 0 bridgehead atoms. The highest BCUT2D eigenvalue weighted by atomic mass is 16.1. The normalized spacial score (nSPS) is 20.6. The molecule has 1 aromatic carbocycles. The molecule has 1 saturated heterocycles. The molecule has 1 aromatic rings. The Morgan fingerprint density at radius 1 is 1.30 bits per heavy atom. The van der Waals surface area contributed by atoms with E-state index < -0.39 is 0 Å². The number of benzene rings is 1. The van der Waals surface area contributed by atoms with Crippen LogP contribution in [0.5, 0.6) is 0 Å². The molecule has 0 aliphatic carbocycles. The van der Waals surface area contributed by atoms with Crippen molar-refractivity contribution in [2.24, 2.45) is 0 Å². The zero-order valence-electron chi connectivity index (χ0n) is 12.1. The van der Waals surface area contributed by atoms with E-state index in [1.165, 1.54) is 12.0 Å². The molecule has 1 atom stereocenters. The molecule has 20 heavy (non-hydrogen) atoms. The average Bonchev–Trinajstić information content (AvgIpc) is 2.85. The quantitative estimate of drug-likeness (QED) is 0.875. The largest absolute Gasteiger partial charge is 0.326 e. The summed E-state index contributed by atoms with van der Waals surface area (Å²) in [5, 5.41) is 6.28. The Bertz CT molecular complexity index is 494. The topological polar surface area (TPSA) is 44.4 Å². The molecule has 1 fully saturated rings. The van der Waals surface area contributed by atoms with Crippen LogP contribution in [0.3, 0.4) is 0 Å².